The van der Waals surface area contributed by atoms with Crippen molar-refractivity contribution in [1.29, 1.82) is 0 Å². The fourth-order valence-corrected chi connectivity index (χ4v) is 2.17. The molecule has 3 nitrogen and oxygen atoms in total. The van der Waals surface area contributed by atoms with Crippen molar-refractivity contribution in [2.45, 2.75) is 39.2 Å². The lowest BCUT2D eigenvalue weighted by atomic mass is 10.3. The van der Waals surface area contributed by atoms with Crippen molar-refractivity contribution in [3.63, 3.8) is 0 Å². The highest BCUT2D eigenvalue weighted by Crippen LogP contribution is 2.24. The Morgan fingerprint density at radius 1 is 1.50 bits per heavy atom. The number of thiophene rings is 1. The zero-order chi connectivity index (χ0) is 12.0. The first kappa shape index (κ1) is 13.2. The second kappa shape index (κ2) is 6.66. The Balaban J connectivity index is 2.49. The Bertz CT molecular complexity index is 333. The zero-order valence-corrected chi connectivity index (χ0v) is 10.5. The van der Waals surface area contributed by atoms with E-state index in [4.69, 9.17) is 4.74 Å². The van der Waals surface area contributed by atoms with Crippen LogP contribution in [0.15, 0.2) is 12.1 Å². The molecule has 0 saturated heterocycles. The van der Waals surface area contributed by atoms with E-state index in [1.165, 1.54) is 11.3 Å². The van der Waals surface area contributed by atoms with Crippen LogP contribution in [0.2, 0.25) is 0 Å². The van der Waals surface area contributed by atoms with Gasteiger partial charge < -0.3 is 9.84 Å². The third kappa shape index (κ3) is 3.61. The first-order valence-corrected chi connectivity index (χ1v) is 6.44. The molecule has 1 atom stereocenters. The Kier molecular flexibility index (Phi) is 5.49. The van der Waals surface area contributed by atoms with Crippen LogP contribution in [0, 0.1) is 0 Å². The predicted molar refractivity (Wildman–Crippen MR) is 64.5 cm³/mol. The molecule has 90 valence electrons. The van der Waals surface area contributed by atoms with Crippen LogP contribution in [0.4, 0.5) is 0 Å². The van der Waals surface area contributed by atoms with Crippen molar-refractivity contribution < 1.29 is 14.6 Å². The third-order valence-electron chi connectivity index (χ3n) is 2.27. The highest BCUT2D eigenvalue weighted by molar-refractivity contribution is 7.12. The lowest BCUT2D eigenvalue weighted by molar-refractivity contribution is -0.153. The number of carbonyl (C=O) groups excluding carboxylic acids is 1. The molecule has 1 aromatic heterocycles. The fraction of sp³-hybridized carbons (Fsp3) is 0.583. The maximum Gasteiger partial charge on any atom is 0.340 e. The van der Waals surface area contributed by atoms with Gasteiger partial charge in [0.25, 0.3) is 0 Å². The molecule has 0 aliphatic carbocycles. The second-order valence-corrected chi connectivity index (χ2v) is 4.78. The highest BCUT2D eigenvalue weighted by atomic mass is 32.1. The average molecular weight is 242 g/mol. The molecule has 1 aromatic rings. The van der Waals surface area contributed by atoms with E-state index in [0.29, 0.717) is 11.5 Å². The zero-order valence-electron chi connectivity index (χ0n) is 9.73. The molecule has 1 rings (SSSR count). The van der Waals surface area contributed by atoms with E-state index in [-0.39, 0.29) is 0 Å². The van der Waals surface area contributed by atoms with Crippen LogP contribution < -0.4 is 0 Å². The van der Waals surface area contributed by atoms with Gasteiger partial charge in [-0.1, -0.05) is 20.3 Å². The van der Waals surface area contributed by atoms with Gasteiger partial charge in [-0.2, -0.15) is 0 Å². The minimum atomic E-state index is -1.12. The molecule has 16 heavy (non-hydrogen) atoms. The maximum atomic E-state index is 11.5. The average Bonchev–Trinajstić information content (AvgIpc) is 2.76. The van der Waals surface area contributed by atoms with Gasteiger partial charge in [0, 0.05) is 9.75 Å². The number of carbonyl (C=O) groups is 1. The second-order valence-electron chi connectivity index (χ2n) is 3.58. The molecule has 0 saturated carbocycles. The van der Waals surface area contributed by atoms with Gasteiger partial charge >= 0.3 is 5.97 Å². The molecule has 1 N–H and O–H groups in total. The van der Waals surface area contributed by atoms with E-state index in [1.54, 1.807) is 6.07 Å². The van der Waals surface area contributed by atoms with Gasteiger partial charge in [-0.15, -0.1) is 11.3 Å². The van der Waals surface area contributed by atoms with Crippen molar-refractivity contribution in [2.75, 3.05) is 6.61 Å². The number of rotatable bonds is 6. The molecule has 0 aromatic carbocycles. The Morgan fingerprint density at radius 3 is 2.81 bits per heavy atom. The third-order valence-corrected chi connectivity index (χ3v) is 3.55. The van der Waals surface area contributed by atoms with E-state index in [1.807, 2.05) is 19.9 Å². The van der Waals surface area contributed by atoms with Crippen LogP contribution in [-0.4, -0.2) is 17.7 Å². The number of aliphatic hydroxyl groups excluding tert-OH is 1. The van der Waals surface area contributed by atoms with Gasteiger partial charge in [0.1, 0.15) is 0 Å². The summed E-state index contributed by atoms with van der Waals surface area (Å²) in [6.07, 6.45) is 1.61. The molecule has 0 fully saturated rings. The number of esters is 1. The monoisotopic (exact) mass is 242 g/mol. The van der Waals surface area contributed by atoms with E-state index in [9.17, 15) is 9.90 Å². The quantitative estimate of drug-likeness (QED) is 0.616. The summed E-state index contributed by atoms with van der Waals surface area (Å²) in [5.74, 6) is -0.544. The Labute approximate surface area is 100 Å². The first-order valence-electron chi connectivity index (χ1n) is 5.62. The van der Waals surface area contributed by atoms with Gasteiger partial charge in [0.2, 0.25) is 0 Å². The molecule has 0 bridgehead atoms. The Hall–Kier alpha value is -0.870. The molecule has 0 aliphatic rings. The van der Waals surface area contributed by atoms with Crippen LogP contribution in [0.3, 0.4) is 0 Å². The van der Waals surface area contributed by atoms with Crippen molar-refractivity contribution in [3.05, 3.63) is 21.9 Å². The molecule has 4 heteroatoms. The first-order chi connectivity index (χ1) is 7.69. The van der Waals surface area contributed by atoms with E-state index < -0.39 is 12.1 Å². The van der Waals surface area contributed by atoms with E-state index in [0.717, 1.165) is 24.1 Å². The number of ether oxygens (including phenoxy) is 1. The van der Waals surface area contributed by atoms with E-state index in [2.05, 4.69) is 0 Å². The summed E-state index contributed by atoms with van der Waals surface area (Å²) in [7, 11) is 0. The minimum Gasteiger partial charge on any atom is -0.463 e. The molecular formula is C12H18O3S. The maximum absolute atomic E-state index is 11.5. The van der Waals surface area contributed by atoms with Crippen LogP contribution in [0.5, 0.6) is 0 Å². The van der Waals surface area contributed by atoms with Crippen molar-refractivity contribution in [2.24, 2.45) is 0 Å². The highest BCUT2D eigenvalue weighted by Gasteiger charge is 2.20. The van der Waals surface area contributed by atoms with Crippen molar-refractivity contribution >= 4 is 17.3 Å². The summed E-state index contributed by atoms with van der Waals surface area (Å²) in [6.45, 7) is 4.46. The van der Waals surface area contributed by atoms with Crippen molar-refractivity contribution in [3.8, 4) is 0 Å². The summed E-state index contributed by atoms with van der Waals surface area (Å²) in [4.78, 5) is 13.3. The van der Waals surface area contributed by atoms with Crippen LogP contribution in [0.1, 0.15) is 42.5 Å². The standard InChI is InChI=1S/C12H18O3S/c1-3-5-8-15-12(14)11(13)10-7-6-9(4-2)16-10/h6-7,11,13H,3-5,8H2,1-2H3/t11-/m0/s1. The summed E-state index contributed by atoms with van der Waals surface area (Å²) in [5.41, 5.74) is 0. The van der Waals surface area contributed by atoms with Crippen LogP contribution >= 0.6 is 11.3 Å². The number of hydrogen-bond acceptors (Lipinski definition) is 4. The number of unbranched alkanes of at least 4 members (excludes halogenated alkanes) is 1. The molecule has 0 spiro atoms. The molecule has 0 unspecified atom stereocenters. The number of hydrogen-bond donors (Lipinski definition) is 1. The number of aliphatic hydroxyl groups is 1. The SMILES string of the molecule is CCCCOC(=O)[C@@H](O)c1ccc(CC)s1. The summed E-state index contributed by atoms with van der Waals surface area (Å²) in [6, 6.07) is 3.72. The summed E-state index contributed by atoms with van der Waals surface area (Å²) in [5, 5.41) is 9.73. The van der Waals surface area contributed by atoms with Gasteiger partial charge in [-0.25, -0.2) is 4.79 Å². The van der Waals surface area contributed by atoms with Crippen LogP contribution in [-0.2, 0) is 16.0 Å². The molecule has 1 heterocycles. The van der Waals surface area contributed by atoms with Crippen molar-refractivity contribution in [1.82, 2.24) is 0 Å². The summed E-state index contributed by atoms with van der Waals surface area (Å²) < 4.78 is 4.96. The van der Waals surface area contributed by atoms with Gasteiger partial charge in [0.05, 0.1) is 6.61 Å². The normalized spacial score (nSPS) is 12.4. The molecular weight excluding hydrogens is 224 g/mol. The van der Waals surface area contributed by atoms with Gasteiger partial charge in [0.15, 0.2) is 6.10 Å². The fourth-order valence-electron chi connectivity index (χ4n) is 1.24. The minimum absolute atomic E-state index is 0.387. The van der Waals surface area contributed by atoms with E-state index >= 15 is 0 Å². The van der Waals surface area contributed by atoms with Gasteiger partial charge in [-0.3, -0.25) is 0 Å². The summed E-state index contributed by atoms with van der Waals surface area (Å²) >= 11 is 1.46. The smallest absolute Gasteiger partial charge is 0.340 e. The van der Waals surface area contributed by atoms with Gasteiger partial charge in [-0.05, 0) is 25.0 Å². The Morgan fingerprint density at radius 2 is 2.25 bits per heavy atom. The largest absolute Gasteiger partial charge is 0.463 e. The predicted octanol–water partition coefficient (Wildman–Crippen LogP) is 2.69. The number of aryl methyl sites for hydroxylation is 1. The lowest BCUT2D eigenvalue weighted by Crippen LogP contribution is -2.15. The molecule has 0 radical (unpaired) electrons. The van der Waals surface area contributed by atoms with Crippen LogP contribution in [0.25, 0.3) is 0 Å². The topological polar surface area (TPSA) is 46.5 Å². The molecule has 0 aliphatic heterocycles. The molecule has 0 amide bonds. The lowest BCUT2D eigenvalue weighted by Gasteiger charge is -2.08.